The quantitative estimate of drug-likeness (QED) is 0.580. The Bertz CT molecular complexity index is 143. The van der Waals surface area contributed by atoms with Gasteiger partial charge in [0.15, 0.2) is 0 Å². The molecule has 4 heteroatoms. The Balaban J connectivity index is 2.11. The molecule has 0 spiro atoms. The molecule has 0 saturated carbocycles. The van der Waals surface area contributed by atoms with E-state index in [1.807, 2.05) is 6.92 Å². The topological polar surface area (TPSA) is 58.4 Å². The van der Waals surface area contributed by atoms with Gasteiger partial charge in [-0.15, -0.1) is 0 Å². The second-order valence-electron chi connectivity index (χ2n) is 2.90. The Kier molecular flexibility index (Phi) is 2.70. The van der Waals surface area contributed by atoms with Crippen molar-refractivity contribution in [2.75, 3.05) is 19.6 Å². The first-order valence-corrected chi connectivity index (χ1v) is 4.02. The third kappa shape index (κ3) is 2.08. The molecule has 0 aromatic heterocycles. The number of nitrogens with two attached hydrogens (primary N) is 1. The summed E-state index contributed by atoms with van der Waals surface area (Å²) in [7, 11) is 0. The van der Waals surface area contributed by atoms with Crippen molar-refractivity contribution in [3.05, 3.63) is 0 Å². The summed E-state index contributed by atoms with van der Waals surface area (Å²) in [6.45, 7) is 4.19. The van der Waals surface area contributed by atoms with Crippen molar-refractivity contribution in [2.45, 2.75) is 19.4 Å². The molecule has 1 fully saturated rings. The SMILES string of the molecule is CCCNC(=O)N1CC(N)C1. The van der Waals surface area contributed by atoms with Crippen molar-refractivity contribution in [3.63, 3.8) is 0 Å². The second-order valence-corrected chi connectivity index (χ2v) is 2.90. The van der Waals surface area contributed by atoms with Crippen molar-refractivity contribution in [1.82, 2.24) is 10.2 Å². The van der Waals surface area contributed by atoms with E-state index < -0.39 is 0 Å². The normalized spacial score (nSPS) is 17.8. The molecule has 0 unspecified atom stereocenters. The van der Waals surface area contributed by atoms with Crippen molar-refractivity contribution < 1.29 is 4.79 Å². The third-order valence-corrected chi connectivity index (χ3v) is 1.72. The highest BCUT2D eigenvalue weighted by molar-refractivity contribution is 5.75. The summed E-state index contributed by atoms with van der Waals surface area (Å²) in [5.74, 6) is 0. The standard InChI is InChI=1S/C7H15N3O/c1-2-3-9-7(11)10-4-6(8)5-10/h6H,2-5,8H2,1H3,(H,9,11). The Labute approximate surface area is 66.7 Å². The molecule has 0 radical (unpaired) electrons. The fourth-order valence-corrected chi connectivity index (χ4v) is 1.02. The molecule has 0 aliphatic carbocycles. The number of amides is 2. The first-order chi connectivity index (χ1) is 5.24. The molecule has 1 heterocycles. The molecular formula is C7H15N3O. The van der Waals surface area contributed by atoms with Crippen LogP contribution in [-0.4, -0.2) is 36.6 Å². The maximum Gasteiger partial charge on any atom is 0.317 e. The van der Waals surface area contributed by atoms with Crippen LogP contribution >= 0.6 is 0 Å². The number of nitrogens with zero attached hydrogens (tertiary/aromatic N) is 1. The van der Waals surface area contributed by atoms with Gasteiger partial charge < -0.3 is 16.0 Å². The lowest BCUT2D eigenvalue weighted by molar-refractivity contribution is 0.153. The van der Waals surface area contributed by atoms with Gasteiger partial charge in [0.05, 0.1) is 0 Å². The summed E-state index contributed by atoms with van der Waals surface area (Å²) >= 11 is 0. The molecule has 0 bridgehead atoms. The van der Waals surface area contributed by atoms with E-state index in [-0.39, 0.29) is 12.1 Å². The Morgan fingerprint density at radius 3 is 2.82 bits per heavy atom. The highest BCUT2D eigenvalue weighted by Crippen LogP contribution is 2.04. The van der Waals surface area contributed by atoms with Crippen LogP contribution in [0.3, 0.4) is 0 Å². The van der Waals surface area contributed by atoms with Gasteiger partial charge in [-0.2, -0.15) is 0 Å². The number of likely N-dealkylation sites (tertiary alicyclic amines) is 1. The zero-order valence-corrected chi connectivity index (χ0v) is 6.84. The third-order valence-electron chi connectivity index (χ3n) is 1.72. The van der Waals surface area contributed by atoms with Crippen LogP contribution < -0.4 is 11.1 Å². The minimum atomic E-state index is 0.0218. The van der Waals surface area contributed by atoms with Crippen LogP contribution in [0.1, 0.15) is 13.3 Å². The fraction of sp³-hybridized carbons (Fsp3) is 0.857. The summed E-state index contributed by atoms with van der Waals surface area (Å²) in [5, 5.41) is 2.79. The molecule has 0 atom stereocenters. The fourth-order valence-electron chi connectivity index (χ4n) is 1.02. The van der Waals surface area contributed by atoms with E-state index in [9.17, 15) is 4.79 Å². The van der Waals surface area contributed by atoms with Gasteiger partial charge in [-0.1, -0.05) is 6.92 Å². The number of rotatable bonds is 2. The van der Waals surface area contributed by atoms with Crippen LogP contribution in [-0.2, 0) is 0 Å². The Morgan fingerprint density at radius 2 is 2.36 bits per heavy atom. The van der Waals surface area contributed by atoms with E-state index in [0.29, 0.717) is 13.1 Å². The maximum absolute atomic E-state index is 11.1. The lowest BCUT2D eigenvalue weighted by Crippen LogP contribution is -2.60. The summed E-state index contributed by atoms with van der Waals surface area (Å²) in [4.78, 5) is 12.8. The maximum atomic E-state index is 11.1. The van der Waals surface area contributed by atoms with Gasteiger partial charge >= 0.3 is 6.03 Å². The minimum absolute atomic E-state index is 0.0218. The summed E-state index contributed by atoms with van der Waals surface area (Å²) in [5.41, 5.74) is 5.51. The smallest absolute Gasteiger partial charge is 0.317 e. The zero-order chi connectivity index (χ0) is 8.27. The monoisotopic (exact) mass is 157 g/mol. The first-order valence-electron chi connectivity index (χ1n) is 4.02. The van der Waals surface area contributed by atoms with Crippen LogP contribution in [0.15, 0.2) is 0 Å². The number of carbonyl (C=O) groups is 1. The number of urea groups is 1. The molecule has 3 N–H and O–H groups in total. The van der Waals surface area contributed by atoms with Crippen molar-refractivity contribution in [3.8, 4) is 0 Å². The summed E-state index contributed by atoms with van der Waals surface area (Å²) < 4.78 is 0. The predicted molar refractivity (Wildman–Crippen MR) is 43.2 cm³/mol. The lowest BCUT2D eigenvalue weighted by atomic mass is 10.1. The van der Waals surface area contributed by atoms with Crippen LogP contribution in [0.4, 0.5) is 4.79 Å². The molecule has 0 aromatic carbocycles. The molecule has 2 amide bonds. The zero-order valence-electron chi connectivity index (χ0n) is 6.84. The largest absolute Gasteiger partial charge is 0.338 e. The molecule has 0 aromatic rings. The highest BCUT2D eigenvalue weighted by Gasteiger charge is 2.26. The van der Waals surface area contributed by atoms with E-state index in [1.54, 1.807) is 4.90 Å². The molecule has 1 aliphatic heterocycles. The average molecular weight is 157 g/mol. The number of nitrogens with one attached hydrogen (secondary N) is 1. The van der Waals surface area contributed by atoms with Crippen LogP contribution in [0.2, 0.25) is 0 Å². The van der Waals surface area contributed by atoms with Crippen LogP contribution in [0.5, 0.6) is 0 Å². The number of carbonyl (C=O) groups excluding carboxylic acids is 1. The predicted octanol–water partition coefficient (Wildman–Crippen LogP) is -0.251. The van der Waals surface area contributed by atoms with Gasteiger partial charge in [-0.05, 0) is 6.42 Å². The van der Waals surface area contributed by atoms with E-state index in [4.69, 9.17) is 5.73 Å². The Hall–Kier alpha value is -0.770. The molecule has 1 saturated heterocycles. The van der Waals surface area contributed by atoms with E-state index in [2.05, 4.69) is 5.32 Å². The average Bonchev–Trinajstić information content (AvgIpc) is 1.94. The number of hydrogen-bond acceptors (Lipinski definition) is 2. The van der Waals surface area contributed by atoms with Gasteiger partial charge in [-0.3, -0.25) is 0 Å². The second kappa shape index (κ2) is 3.57. The van der Waals surface area contributed by atoms with Gasteiger partial charge in [0.2, 0.25) is 0 Å². The van der Waals surface area contributed by atoms with E-state index >= 15 is 0 Å². The van der Waals surface area contributed by atoms with Crippen molar-refractivity contribution in [1.29, 1.82) is 0 Å². The summed E-state index contributed by atoms with van der Waals surface area (Å²) in [6, 6.07) is 0.218. The van der Waals surface area contributed by atoms with Crippen molar-refractivity contribution in [2.24, 2.45) is 5.73 Å². The number of hydrogen-bond donors (Lipinski definition) is 2. The molecule has 64 valence electrons. The van der Waals surface area contributed by atoms with Gasteiger partial charge in [0.25, 0.3) is 0 Å². The molecule has 1 aliphatic rings. The molecule has 1 rings (SSSR count). The first kappa shape index (κ1) is 8.33. The molecule has 11 heavy (non-hydrogen) atoms. The highest BCUT2D eigenvalue weighted by atomic mass is 16.2. The minimum Gasteiger partial charge on any atom is -0.338 e. The van der Waals surface area contributed by atoms with Gasteiger partial charge in [-0.25, -0.2) is 4.79 Å². The van der Waals surface area contributed by atoms with Crippen LogP contribution in [0.25, 0.3) is 0 Å². The van der Waals surface area contributed by atoms with Crippen LogP contribution in [0, 0.1) is 0 Å². The summed E-state index contributed by atoms with van der Waals surface area (Å²) in [6.07, 6.45) is 0.978. The Morgan fingerprint density at radius 1 is 1.73 bits per heavy atom. The van der Waals surface area contributed by atoms with Gasteiger partial charge in [0.1, 0.15) is 0 Å². The van der Waals surface area contributed by atoms with Crippen molar-refractivity contribution >= 4 is 6.03 Å². The van der Waals surface area contributed by atoms with Gasteiger partial charge in [0, 0.05) is 25.7 Å². The molecular weight excluding hydrogens is 142 g/mol. The van der Waals surface area contributed by atoms with E-state index in [0.717, 1.165) is 13.0 Å². The molecule has 4 nitrogen and oxygen atoms in total. The van der Waals surface area contributed by atoms with E-state index in [1.165, 1.54) is 0 Å². The lowest BCUT2D eigenvalue weighted by Gasteiger charge is -2.36.